The normalized spacial score (nSPS) is 17.9. The lowest BCUT2D eigenvalue weighted by Crippen LogP contribution is -2.52. The highest BCUT2D eigenvalue weighted by molar-refractivity contribution is 7.99. The summed E-state index contributed by atoms with van der Waals surface area (Å²) in [6, 6.07) is 12.7. The molecule has 0 bridgehead atoms. The van der Waals surface area contributed by atoms with Gasteiger partial charge in [-0.1, -0.05) is 35.7 Å². The predicted octanol–water partition coefficient (Wildman–Crippen LogP) is 1.72. The number of thioether (sulfide) groups is 1. The van der Waals surface area contributed by atoms with Crippen LogP contribution in [0.15, 0.2) is 54.7 Å². The second kappa shape index (κ2) is 38.3. The Labute approximate surface area is 533 Å². The quantitative estimate of drug-likeness (QED) is 0.0282. The molecule has 25 nitrogen and oxygen atoms in total. The number of terminal acetylenes is 1. The summed E-state index contributed by atoms with van der Waals surface area (Å²) in [5.74, 6) is -3.39. The van der Waals surface area contributed by atoms with Crippen LogP contribution in [-0.2, 0) is 54.3 Å². The number of halogens is 2. The van der Waals surface area contributed by atoms with Gasteiger partial charge in [-0.2, -0.15) is 11.8 Å². The number of nitrogens with one attached hydrogen (secondary N) is 4. The van der Waals surface area contributed by atoms with Crippen molar-refractivity contribution in [3.05, 3.63) is 71.4 Å². The SMILES string of the molecule is C#C[C@H]1CC(F)(F)CN1C(=O)CNC(=O)c1ccnc2ccc(OCCCC3CCN(C(=O)[C@H](O)CSCCNC(=O)C(CCCNC(=O)CCCc4ccc(C)cc4)NC(=O)CN4CCN(COC=O)CCN(COC=O)CCN(CC(=O)O)CC4)CC3)cc12. The summed E-state index contributed by atoms with van der Waals surface area (Å²) in [4.78, 5) is 128. The van der Waals surface area contributed by atoms with Crippen LogP contribution in [-0.4, -0.2) is 259 Å². The second-order valence-electron chi connectivity index (χ2n) is 23.0. The number of hydrogen-bond acceptors (Lipinski definition) is 19. The van der Waals surface area contributed by atoms with Gasteiger partial charge in [-0.25, -0.2) is 8.78 Å². The Morgan fingerprint density at radius 2 is 1.47 bits per heavy atom. The average Bonchev–Trinajstić information content (AvgIpc) is 2.29. The molecule has 6 rings (SSSR count). The number of aromatic nitrogens is 1. The lowest BCUT2D eigenvalue weighted by atomic mass is 9.92. The fraction of sp³-hybridized carbons (Fsp3) is 0.587. The molecule has 0 spiro atoms. The van der Waals surface area contributed by atoms with E-state index in [1.165, 1.54) is 24.0 Å². The number of ether oxygens (including phenoxy) is 3. The monoisotopic (exact) mass is 1290 g/mol. The summed E-state index contributed by atoms with van der Waals surface area (Å²) in [6.07, 6.45) is 10.2. The van der Waals surface area contributed by atoms with E-state index in [2.05, 4.69) is 32.2 Å². The Balaban J connectivity index is 0.934. The highest BCUT2D eigenvalue weighted by Crippen LogP contribution is 2.32. The zero-order valence-electron chi connectivity index (χ0n) is 51.7. The lowest BCUT2D eigenvalue weighted by molar-refractivity contribution is -0.140. The molecule has 28 heteroatoms. The maximum atomic E-state index is 14.0. The second-order valence-corrected chi connectivity index (χ2v) is 24.2. The first kappa shape index (κ1) is 72.5. The van der Waals surface area contributed by atoms with Crippen LogP contribution in [0.1, 0.15) is 79.3 Å². The minimum atomic E-state index is -3.10. The fourth-order valence-corrected chi connectivity index (χ4v) is 11.8. The maximum Gasteiger partial charge on any atom is 0.317 e. The van der Waals surface area contributed by atoms with Gasteiger partial charge in [-0.3, -0.25) is 67.7 Å². The summed E-state index contributed by atoms with van der Waals surface area (Å²) in [6.45, 7) is 5.28. The molecule has 3 aromatic rings. The summed E-state index contributed by atoms with van der Waals surface area (Å²) in [7, 11) is 0. The summed E-state index contributed by atoms with van der Waals surface area (Å²) >= 11 is 1.29. The molecule has 3 fully saturated rings. The number of carboxylic acid groups (broad SMARTS) is 1. The molecule has 1 unspecified atom stereocenters. The third kappa shape index (κ3) is 25.6. The lowest BCUT2D eigenvalue weighted by Gasteiger charge is -2.33. The van der Waals surface area contributed by atoms with Gasteiger partial charge in [-0.05, 0) is 94.0 Å². The number of carbonyl (C=O) groups is 9. The molecular weight excluding hydrogens is 1200 g/mol. The van der Waals surface area contributed by atoms with Gasteiger partial charge in [0.05, 0.1) is 49.9 Å². The van der Waals surface area contributed by atoms with Gasteiger partial charge in [-0.15, -0.1) is 6.42 Å². The number of benzene rings is 2. The molecule has 91 heavy (non-hydrogen) atoms. The van der Waals surface area contributed by atoms with Crippen molar-refractivity contribution in [2.24, 2.45) is 5.92 Å². The number of fused-ring (bicyclic) bond motifs is 1. The predicted molar refractivity (Wildman–Crippen MR) is 334 cm³/mol. The highest BCUT2D eigenvalue weighted by atomic mass is 32.2. The van der Waals surface area contributed by atoms with Crippen molar-refractivity contribution in [3.8, 4) is 18.1 Å². The number of rotatable bonds is 34. The van der Waals surface area contributed by atoms with Crippen molar-refractivity contribution in [2.75, 3.05) is 136 Å². The number of aliphatic hydroxyl groups is 1. The van der Waals surface area contributed by atoms with Gasteiger partial charge in [0.25, 0.3) is 30.7 Å². The first-order chi connectivity index (χ1) is 43.8. The van der Waals surface area contributed by atoms with Crippen LogP contribution in [0, 0.1) is 25.2 Å². The first-order valence-corrected chi connectivity index (χ1v) is 32.1. The van der Waals surface area contributed by atoms with Crippen LogP contribution in [0.5, 0.6) is 5.75 Å². The van der Waals surface area contributed by atoms with E-state index in [9.17, 15) is 62.1 Å². The van der Waals surface area contributed by atoms with Crippen LogP contribution in [0.4, 0.5) is 8.78 Å². The molecular formula is C63H87F2N11O14S. The van der Waals surface area contributed by atoms with Crippen LogP contribution in [0.25, 0.3) is 10.9 Å². The average molecular weight is 1290 g/mol. The third-order valence-corrected chi connectivity index (χ3v) is 17.2. The van der Waals surface area contributed by atoms with E-state index in [0.29, 0.717) is 126 Å². The number of hydrogen-bond donors (Lipinski definition) is 6. The molecule has 3 aliphatic heterocycles. The largest absolute Gasteiger partial charge is 0.494 e. The van der Waals surface area contributed by atoms with Gasteiger partial charge in [0.15, 0.2) is 0 Å². The van der Waals surface area contributed by atoms with E-state index in [1.54, 1.807) is 28.0 Å². The Kier molecular flexibility index (Phi) is 30.5. The van der Waals surface area contributed by atoms with Gasteiger partial charge >= 0.3 is 5.97 Å². The number of piperidine rings is 1. The highest BCUT2D eigenvalue weighted by Gasteiger charge is 2.46. The number of aliphatic hydroxyl groups excluding tert-OH is 1. The molecule has 0 saturated carbocycles. The number of carbonyl (C=O) groups excluding carboxylic acids is 8. The Morgan fingerprint density at radius 3 is 2.12 bits per heavy atom. The molecule has 498 valence electrons. The van der Waals surface area contributed by atoms with Gasteiger partial charge in [0, 0.05) is 114 Å². The maximum absolute atomic E-state index is 14.0. The van der Waals surface area contributed by atoms with E-state index in [-0.39, 0.29) is 82.3 Å². The molecule has 1 aromatic heterocycles. The minimum absolute atomic E-state index is 0.0167. The van der Waals surface area contributed by atoms with Crippen LogP contribution in [0.3, 0.4) is 0 Å². The van der Waals surface area contributed by atoms with Crippen LogP contribution >= 0.6 is 11.8 Å². The first-order valence-electron chi connectivity index (χ1n) is 30.9. The van der Waals surface area contributed by atoms with Gasteiger partial charge < -0.3 is 55.5 Å². The Morgan fingerprint density at radius 1 is 0.813 bits per heavy atom. The molecule has 6 amide bonds. The molecule has 3 aliphatic rings. The van der Waals surface area contributed by atoms with E-state index in [0.717, 1.165) is 41.7 Å². The number of nitrogens with zero attached hydrogens (tertiary/aromatic N) is 7. The molecule has 3 saturated heterocycles. The summed E-state index contributed by atoms with van der Waals surface area (Å²) < 4.78 is 44.0. The smallest absolute Gasteiger partial charge is 0.317 e. The third-order valence-electron chi connectivity index (χ3n) is 16.1. The number of alkyl halides is 2. The topological polar surface area (TPSA) is 302 Å². The van der Waals surface area contributed by atoms with E-state index in [1.807, 2.05) is 45.9 Å². The van der Waals surface area contributed by atoms with Crippen molar-refractivity contribution >= 4 is 77.0 Å². The zero-order chi connectivity index (χ0) is 65.5. The molecule has 6 N–H and O–H groups in total. The van der Waals surface area contributed by atoms with E-state index in [4.69, 9.17) is 20.6 Å². The van der Waals surface area contributed by atoms with Gasteiger partial charge in [0.2, 0.25) is 23.6 Å². The fourth-order valence-electron chi connectivity index (χ4n) is 11.0. The number of aryl methyl sites for hydroxylation is 2. The number of pyridine rings is 1. The van der Waals surface area contributed by atoms with Crippen LogP contribution < -0.4 is 26.0 Å². The van der Waals surface area contributed by atoms with E-state index < -0.39 is 73.2 Å². The van der Waals surface area contributed by atoms with Crippen molar-refractivity contribution in [1.82, 2.24) is 55.7 Å². The zero-order valence-corrected chi connectivity index (χ0v) is 52.6. The van der Waals surface area contributed by atoms with Crippen molar-refractivity contribution < 1.29 is 76.4 Å². The standard InChI is InChI=1S/C63H87F2N11O14S/c1-3-49-36-63(64,65)41-76(49)58(82)37-69-60(85)51-17-21-66-53-16-15-50(35-52(51)53)90-33-6-8-48-18-23-75(24-19-48)62(87)55(79)40-91-34-22-68-61(86)54(9-5-20-67-56(80)10-4-7-47-13-11-46(2)12-14-47)70-57(81)38-71-25-26-72(39-59(83)84)28-30-74(43-89-45-78)32-31-73(29-27-71)42-88-44-77/h1,11-17,21,35,44-45,48-49,54-55,79H,4-10,18-20,22-34,36-43H2,2H3,(H,67,80)(H,68,86)(H,69,85)(H,70,81)(H,83,84)/t49-,54?,55+/m0/s1. The number of carboxylic acids is 1. The van der Waals surface area contributed by atoms with Gasteiger partial charge in [0.1, 0.15) is 31.4 Å². The minimum Gasteiger partial charge on any atom is -0.494 e. The molecule has 0 radical (unpaired) electrons. The Hall–Kier alpha value is -7.55. The number of likely N-dealkylation sites (tertiary alicyclic amines) is 2. The van der Waals surface area contributed by atoms with Crippen molar-refractivity contribution in [2.45, 2.75) is 95.2 Å². The molecule has 4 heterocycles. The Bertz CT molecular complexity index is 2920. The van der Waals surface area contributed by atoms with Crippen molar-refractivity contribution in [3.63, 3.8) is 0 Å². The summed E-state index contributed by atoms with van der Waals surface area (Å²) in [5, 5.41) is 32.3. The van der Waals surface area contributed by atoms with E-state index >= 15 is 0 Å². The molecule has 3 atom stereocenters. The van der Waals surface area contributed by atoms with Crippen molar-refractivity contribution in [1.29, 1.82) is 0 Å². The molecule has 0 aliphatic carbocycles. The summed E-state index contributed by atoms with van der Waals surface area (Å²) in [5.41, 5.74) is 3.03. The molecule has 2 aromatic carbocycles. The number of aliphatic carboxylic acids is 1. The van der Waals surface area contributed by atoms with Crippen LogP contribution in [0.2, 0.25) is 0 Å². The number of amides is 6.